The molecule has 3 rings (SSSR count). The average Bonchev–Trinajstić information content (AvgIpc) is 3.06. The number of aryl methyl sites for hydroxylation is 1. The van der Waals surface area contributed by atoms with E-state index in [1.165, 1.54) is 0 Å². The minimum absolute atomic E-state index is 0.0391. The number of pyridine rings is 1. The molecule has 0 N–H and O–H groups in total. The van der Waals surface area contributed by atoms with Gasteiger partial charge in [0, 0.05) is 37.5 Å². The molecule has 5 nitrogen and oxygen atoms in total. The normalized spacial score (nSPS) is 17.1. The lowest BCUT2D eigenvalue weighted by molar-refractivity contribution is 0.0598. The highest BCUT2D eigenvalue weighted by molar-refractivity contribution is 5.94. The van der Waals surface area contributed by atoms with Crippen LogP contribution in [-0.2, 0) is 4.74 Å². The van der Waals surface area contributed by atoms with Crippen molar-refractivity contribution in [3.63, 3.8) is 0 Å². The van der Waals surface area contributed by atoms with Crippen molar-refractivity contribution in [2.24, 2.45) is 0 Å². The molecule has 0 aliphatic carbocycles. The van der Waals surface area contributed by atoms with Crippen LogP contribution in [0.2, 0.25) is 0 Å². The highest BCUT2D eigenvalue weighted by atomic mass is 16.5. The molecule has 1 atom stereocenters. The number of ether oxygens (including phenoxy) is 2. The van der Waals surface area contributed by atoms with Crippen molar-refractivity contribution in [1.29, 1.82) is 0 Å². The van der Waals surface area contributed by atoms with Gasteiger partial charge in [-0.1, -0.05) is 6.07 Å². The first kappa shape index (κ1) is 16.5. The second kappa shape index (κ2) is 7.45. The largest absolute Gasteiger partial charge is 0.439 e. The number of hydrogen-bond acceptors (Lipinski definition) is 4. The summed E-state index contributed by atoms with van der Waals surface area (Å²) in [6.07, 6.45) is 2.82. The summed E-state index contributed by atoms with van der Waals surface area (Å²) in [6, 6.07) is 10.9. The van der Waals surface area contributed by atoms with Gasteiger partial charge in [0.1, 0.15) is 5.75 Å². The third-order valence-electron chi connectivity index (χ3n) is 4.04. The zero-order valence-corrected chi connectivity index (χ0v) is 14.1. The van der Waals surface area contributed by atoms with Crippen molar-refractivity contribution in [2.75, 3.05) is 19.7 Å². The van der Waals surface area contributed by atoms with Crippen molar-refractivity contribution in [2.45, 2.75) is 26.4 Å². The molecular weight excluding hydrogens is 304 g/mol. The lowest BCUT2D eigenvalue weighted by Crippen LogP contribution is -2.30. The molecule has 5 heteroatoms. The number of carbonyl (C=O) groups is 1. The Hall–Kier alpha value is -2.40. The van der Waals surface area contributed by atoms with E-state index in [2.05, 4.69) is 4.98 Å². The van der Waals surface area contributed by atoms with Crippen LogP contribution in [-0.4, -0.2) is 41.6 Å². The van der Waals surface area contributed by atoms with Crippen LogP contribution in [0.15, 0.2) is 42.6 Å². The van der Waals surface area contributed by atoms with E-state index in [-0.39, 0.29) is 12.0 Å². The van der Waals surface area contributed by atoms with Crippen LogP contribution in [0.25, 0.3) is 0 Å². The summed E-state index contributed by atoms with van der Waals surface area (Å²) < 4.78 is 11.3. The first-order chi connectivity index (χ1) is 11.7. The van der Waals surface area contributed by atoms with E-state index in [0.717, 1.165) is 18.5 Å². The van der Waals surface area contributed by atoms with E-state index in [4.69, 9.17) is 9.47 Å². The molecule has 1 aromatic carbocycles. The molecule has 0 bridgehead atoms. The summed E-state index contributed by atoms with van der Waals surface area (Å²) in [5.74, 6) is 1.24. The maximum atomic E-state index is 12.5. The number of hydrogen-bond donors (Lipinski definition) is 0. The Bertz CT molecular complexity index is 683. The number of carbonyl (C=O) groups excluding carboxylic acids is 1. The topological polar surface area (TPSA) is 51.7 Å². The Balaban J connectivity index is 1.62. The van der Waals surface area contributed by atoms with E-state index >= 15 is 0 Å². The van der Waals surface area contributed by atoms with Crippen LogP contribution in [0.5, 0.6) is 11.6 Å². The number of aromatic nitrogens is 1. The molecule has 1 amide bonds. The molecule has 0 spiro atoms. The minimum Gasteiger partial charge on any atom is -0.439 e. The third-order valence-corrected chi connectivity index (χ3v) is 4.04. The molecule has 1 aliphatic rings. The van der Waals surface area contributed by atoms with Gasteiger partial charge in [-0.25, -0.2) is 4.98 Å². The van der Waals surface area contributed by atoms with Crippen molar-refractivity contribution < 1.29 is 14.3 Å². The summed E-state index contributed by atoms with van der Waals surface area (Å²) >= 11 is 0. The van der Waals surface area contributed by atoms with E-state index in [9.17, 15) is 4.79 Å². The first-order valence-electron chi connectivity index (χ1n) is 8.27. The summed E-state index contributed by atoms with van der Waals surface area (Å²) in [4.78, 5) is 18.6. The number of likely N-dealkylation sites (tertiary alicyclic amines) is 1. The van der Waals surface area contributed by atoms with Gasteiger partial charge in [0.2, 0.25) is 5.88 Å². The molecule has 1 aliphatic heterocycles. The van der Waals surface area contributed by atoms with E-state index in [1.54, 1.807) is 30.5 Å². The highest BCUT2D eigenvalue weighted by Gasteiger charge is 2.27. The molecule has 126 valence electrons. The fraction of sp³-hybridized carbons (Fsp3) is 0.368. The molecule has 1 fully saturated rings. The second-order valence-corrected chi connectivity index (χ2v) is 5.92. The summed E-state index contributed by atoms with van der Waals surface area (Å²) in [6.45, 7) is 6.05. The van der Waals surface area contributed by atoms with Crippen molar-refractivity contribution >= 4 is 5.91 Å². The van der Waals surface area contributed by atoms with Crippen molar-refractivity contribution in [1.82, 2.24) is 9.88 Å². The first-order valence-corrected chi connectivity index (χ1v) is 8.27. The standard InChI is InChI=1S/C19H22N2O3/c1-3-23-17-10-11-21(13-17)19(22)15-5-7-16(8-6-15)24-18-9-4-14(2)12-20-18/h4-9,12,17H,3,10-11,13H2,1-2H3/t17-/m0/s1. The Morgan fingerprint density at radius 2 is 2.04 bits per heavy atom. The zero-order valence-electron chi connectivity index (χ0n) is 14.1. The fourth-order valence-corrected chi connectivity index (χ4v) is 2.77. The molecule has 0 unspecified atom stereocenters. The van der Waals surface area contributed by atoms with Crippen LogP contribution >= 0.6 is 0 Å². The molecule has 2 aromatic rings. The lowest BCUT2D eigenvalue weighted by Gasteiger charge is -2.16. The van der Waals surface area contributed by atoms with Gasteiger partial charge in [0.05, 0.1) is 6.10 Å². The lowest BCUT2D eigenvalue weighted by atomic mass is 10.2. The van der Waals surface area contributed by atoms with Gasteiger partial charge in [0.25, 0.3) is 5.91 Å². The molecule has 1 aromatic heterocycles. The quantitative estimate of drug-likeness (QED) is 0.844. The third kappa shape index (κ3) is 3.92. The van der Waals surface area contributed by atoms with Gasteiger partial charge in [-0.15, -0.1) is 0 Å². The second-order valence-electron chi connectivity index (χ2n) is 5.92. The van der Waals surface area contributed by atoms with Crippen LogP contribution < -0.4 is 4.74 Å². The minimum atomic E-state index is 0.0391. The smallest absolute Gasteiger partial charge is 0.253 e. The summed E-state index contributed by atoms with van der Waals surface area (Å²) in [7, 11) is 0. The van der Waals surface area contributed by atoms with Gasteiger partial charge < -0.3 is 14.4 Å². The highest BCUT2D eigenvalue weighted by Crippen LogP contribution is 2.21. The number of amides is 1. The number of benzene rings is 1. The summed E-state index contributed by atoms with van der Waals surface area (Å²) in [5.41, 5.74) is 1.75. The fourth-order valence-electron chi connectivity index (χ4n) is 2.77. The van der Waals surface area contributed by atoms with Crippen LogP contribution in [0.3, 0.4) is 0 Å². The number of nitrogens with zero attached hydrogens (tertiary/aromatic N) is 2. The van der Waals surface area contributed by atoms with E-state index in [1.807, 2.05) is 30.9 Å². The van der Waals surface area contributed by atoms with E-state index < -0.39 is 0 Å². The van der Waals surface area contributed by atoms with Crippen molar-refractivity contribution in [3.8, 4) is 11.6 Å². The maximum absolute atomic E-state index is 12.5. The molecule has 1 saturated heterocycles. The Morgan fingerprint density at radius 3 is 2.71 bits per heavy atom. The van der Waals surface area contributed by atoms with Gasteiger partial charge in [-0.05, 0) is 50.1 Å². The van der Waals surface area contributed by atoms with E-state index in [0.29, 0.717) is 30.3 Å². The molecule has 0 saturated carbocycles. The van der Waals surface area contributed by atoms with Gasteiger partial charge in [0.15, 0.2) is 0 Å². The van der Waals surface area contributed by atoms with Crippen LogP contribution in [0.4, 0.5) is 0 Å². The van der Waals surface area contributed by atoms with Crippen LogP contribution in [0, 0.1) is 6.92 Å². The molecule has 0 radical (unpaired) electrons. The maximum Gasteiger partial charge on any atom is 0.253 e. The predicted octanol–water partition coefficient (Wildman–Crippen LogP) is 3.43. The van der Waals surface area contributed by atoms with Crippen molar-refractivity contribution in [3.05, 3.63) is 53.7 Å². The Morgan fingerprint density at radius 1 is 1.25 bits per heavy atom. The molecular formula is C19H22N2O3. The zero-order chi connectivity index (χ0) is 16.9. The molecule has 2 heterocycles. The SMILES string of the molecule is CCO[C@H]1CCN(C(=O)c2ccc(Oc3ccc(C)cn3)cc2)C1. The Labute approximate surface area is 142 Å². The summed E-state index contributed by atoms with van der Waals surface area (Å²) in [5, 5.41) is 0. The average molecular weight is 326 g/mol. The van der Waals surface area contributed by atoms with Gasteiger partial charge in [-0.2, -0.15) is 0 Å². The van der Waals surface area contributed by atoms with Crippen LogP contribution in [0.1, 0.15) is 29.3 Å². The molecule has 24 heavy (non-hydrogen) atoms. The Kier molecular flexibility index (Phi) is 5.11. The predicted molar refractivity (Wildman–Crippen MR) is 91.4 cm³/mol. The number of rotatable bonds is 5. The monoisotopic (exact) mass is 326 g/mol. The van der Waals surface area contributed by atoms with Gasteiger partial charge >= 0.3 is 0 Å². The van der Waals surface area contributed by atoms with Gasteiger partial charge in [-0.3, -0.25) is 4.79 Å².